The van der Waals surface area contributed by atoms with Gasteiger partial charge in [-0.05, 0) is 73.2 Å². The van der Waals surface area contributed by atoms with Gasteiger partial charge in [-0.3, -0.25) is 4.79 Å². The summed E-state index contributed by atoms with van der Waals surface area (Å²) in [4.78, 5) is 36.6. The van der Waals surface area contributed by atoms with Gasteiger partial charge in [0, 0.05) is 23.1 Å². The first-order valence-electron chi connectivity index (χ1n) is 10.8. The molecule has 1 heterocycles. The summed E-state index contributed by atoms with van der Waals surface area (Å²) in [7, 11) is 1.58. The van der Waals surface area contributed by atoms with E-state index in [9.17, 15) is 14.4 Å². The molecule has 2 aromatic carbocycles. The van der Waals surface area contributed by atoms with E-state index in [2.05, 4.69) is 5.32 Å². The number of hydrogen-bond acceptors (Lipinski definition) is 6. The molecule has 0 fully saturated rings. The fourth-order valence-electron chi connectivity index (χ4n) is 3.90. The van der Waals surface area contributed by atoms with Gasteiger partial charge in [0.1, 0.15) is 24.0 Å². The Morgan fingerprint density at radius 3 is 2.58 bits per heavy atom. The average Bonchev–Trinajstić information content (AvgIpc) is 3.27. The molecule has 0 saturated carbocycles. The van der Waals surface area contributed by atoms with E-state index in [1.165, 1.54) is 23.3 Å². The van der Waals surface area contributed by atoms with Crippen molar-refractivity contribution in [1.82, 2.24) is 5.32 Å². The minimum absolute atomic E-state index is 0.0817. The summed E-state index contributed by atoms with van der Waals surface area (Å²) in [6, 6.07) is 11.6. The third kappa shape index (κ3) is 5.31. The molecule has 0 spiro atoms. The number of ether oxygens (including phenoxy) is 2. The molecule has 0 bridgehead atoms. The highest BCUT2D eigenvalue weighted by Gasteiger charge is 2.19. The van der Waals surface area contributed by atoms with E-state index in [-0.39, 0.29) is 6.61 Å². The van der Waals surface area contributed by atoms with Gasteiger partial charge in [0.25, 0.3) is 0 Å². The Kier molecular flexibility index (Phi) is 6.58. The number of methoxy groups -OCH3 is 1. The van der Waals surface area contributed by atoms with Gasteiger partial charge >= 0.3 is 11.6 Å². The number of fused-ring (bicyclic) bond motifs is 2. The number of esters is 1. The van der Waals surface area contributed by atoms with Gasteiger partial charge in [-0.15, -0.1) is 0 Å². The Labute approximate surface area is 191 Å². The first kappa shape index (κ1) is 22.3. The van der Waals surface area contributed by atoms with Crippen molar-refractivity contribution in [2.75, 3.05) is 7.11 Å². The zero-order chi connectivity index (χ0) is 23.4. The fraction of sp³-hybridized carbons (Fsp3) is 0.269. The van der Waals surface area contributed by atoms with Crippen molar-refractivity contribution >= 4 is 28.9 Å². The van der Waals surface area contributed by atoms with Gasteiger partial charge in [-0.25, -0.2) is 9.59 Å². The van der Waals surface area contributed by atoms with Crippen LogP contribution in [0.15, 0.2) is 57.8 Å². The molecule has 3 aromatic rings. The van der Waals surface area contributed by atoms with Crippen LogP contribution in [0.4, 0.5) is 0 Å². The van der Waals surface area contributed by atoms with Gasteiger partial charge in [0.15, 0.2) is 0 Å². The monoisotopic (exact) mass is 447 g/mol. The molecule has 170 valence electrons. The van der Waals surface area contributed by atoms with Crippen LogP contribution in [0.2, 0.25) is 0 Å². The predicted molar refractivity (Wildman–Crippen MR) is 124 cm³/mol. The van der Waals surface area contributed by atoms with E-state index in [1.54, 1.807) is 32.2 Å². The summed E-state index contributed by atoms with van der Waals surface area (Å²) in [5.74, 6) is -0.290. The van der Waals surface area contributed by atoms with E-state index in [0.29, 0.717) is 11.1 Å². The van der Waals surface area contributed by atoms with Crippen LogP contribution in [-0.4, -0.2) is 25.0 Å². The van der Waals surface area contributed by atoms with E-state index in [4.69, 9.17) is 13.9 Å². The van der Waals surface area contributed by atoms with Crippen LogP contribution in [0, 0.1) is 0 Å². The molecule has 0 radical (unpaired) electrons. The number of benzene rings is 2. The number of rotatable bonds is 7. The summed E-state index contributed by atoms with van der Waals surface area (Å²) in [5.41, 5.74) is 3.84. The van der Waals surface area contributed by atoms with Gasteiger partial charge in [-0.2, -0.15) is 0 Å². The lowest BCUT2D eigenvalue weighted by atomic mass is 10.0. The highest BCUT2D eigenvalue weighted by molar-refractivity contribution is 5.94. The van der Waals surface area contributed by atoms with E-state index in [0.717, 1.165) is 36.0 Å². The van der Waals surface area contributed by atoms with E-state index >= 15 is 0 Å². The summed E-state index contributed by atoms with van der Waals surface area (Å²) in [6.45, 7) is 1.47. The normalized spacial score (nSPS) is 13.6. The van der Waals surface area contributed by atoms with Crippen LogP contribution in [0.1, 0.15) is 35.6 Å². The minimum Gasteiger partial charge on any atom is -0.497 e. The summed E-state index contributed by atoms with van der Waals surface area (Å²) in [6.07, 6.45) is 6.02. The van der Waals surface area contributed by atoms with E-state index in [1.807, 2.05) is 24.3 Å². The molecular weight excluding hydrogens is 422 g/mol. The second-order valence-electron chi connectivity index (χ2n) is 8.01. The largest absolute Gasteiger partial charge is 0.497 e. The third-order valence-corrected chi connectivity index (χ3v) is 5.67. The Morgan fingerprint density at radius 1 is 1.12 bits per heavy atom. The van der Waals surface area contributed by atoms with Crippen LogP contribution in [-0.2, 0) is 33.8 Å². The zero-order valence-corrected chi connectivity index (χ0v) is 18.6. The van der Waals surface area contributed by atoms with Crippen LogP contribution >= 0.6 is 0 Å². The first-order chi connectivity index (χ1) is 15.9. The average molecular weight is 447 g/mol. The molecule has 1 atom stereocenters. The Morgan fingerprint density at radius 2 is 1.85 bits per heavy atom. The van der Waals surface area contributed by atoms with Gasteiger partial charge in [-0.1, -0.05) is 12.1 Å². The molecule has 0 unspecified atom stereocenters. The highest BCUT2D eigenvalue weighted by Crippen LogP contribution is 2.28. The number of carbonyl (C=O) groups excluding carboxylic acids is 2. The molecule has 1 amide bonds. The quantitative estimate of drug-likeness (QED) is 0.338. The molecule has 1 aromatic heterocycles. The predicted octanol–water partition coefficient (Wildman–Crippen LogP) is 3.55. The van der Waals surface area contributed by atoms with E-state index < -0.39 is 23.5 Å². The van der Waals surface area contributed by atoms with Gasteiger partial charge in [0.05, 0.1) is 7.11 Å². The second kappa shape index (κ2) is 9.73. The Hall–Kier alpha value is -3.87. The van der Waals surface area contributed by atoms with Crippen molar-refractivity contribution in [2.45, 2.75) is 38.8 Å². The van der Waals surface area contributed by atoms with Crippen LogP contribution in [0.3, 0.4) is 0 Å². The maximum Gasteiger partial charge on any atom is 0.336 e. The van der Waals surface area contributed by atoms with Crippen LogP contribution in [0.25, 0.3) is 17.0 Å². The van der Waals surface area contributed by atoms with Crippen molar-refractivity contribution in [1.29, 1.82) is 0 Å². The highest BCUT2D eigenvalue weighted by atomic mass is 16.5. The number of hydrogen-bond donors (Lipinski definition) is 1. The van der Waals surface area contributed by atoms with Crippen LogP contribution < -0.4 is 15.7 Å². The van der Waals surface area contributed by atoms with Gasteiger partial charge < -0.3 is 19.2 Å². The molecule has 1 aliphatic rings. The molecule has 33 heavy (non-hydrogen) atoms. The molecule has 7 nitrogen and oxygen atoms in total. The Bertz CT molecular complexity index is 1270. The molecule has 1 aliphatic carbocycles. The maximum atomic E-state index is 12.4. The fourth-order valence-corrected chi connectivity index (χ4v) is 3.90. The minimum atomic E-state index is -0.853. The number of amides is 1. The smallest absolute Gasteiger partial charge is 0.336 e. The lowest BCUT2D eigenvalue weighted by Gasteiger charge is -2.13. The SMILES string of the molecule is COc1ccc(/C=C/C(=O)N[C@@H](C)C(=O)OCc2cc(=O)oc3cc4c(cc23)CCC4)cc1. The third-order valence-electron chi connectivity index (χ3n) is 5.67. The molecule has 4 rings (SSSR count). The van der Waals surface area contributed by atoms with Crippen LogP contribution in [0.5, 0.6) is 5.75 Å². The zero-order valence-electron chi connectivity index (χ0n) is 18.6. The first-order valence-corrected chi connectivity index (χ1v) is 10.8. The number of carbonyl (C=O) groups is 2. The second-order valence-corrected chi connectivity index (χ2v) is 8.01. The lowest BCUT2D eigenvalue weighted by Crippen LogP contribution is -2.38. The molecule has 7 heteroatoms. The van der Waals surface area contributed by atoms with Crippen molar-refractivity contribution in [3.8, 4) is 5.75 Å². The molecule has 1 N–H and O–H groups in total. The van der Waals surface area contributed by atoms with Crippen molar-refractivity contribution in [3.05, 3.63) is 81.2 Å². The van der Waals surface area contributed by atoms with Crippen molar-refractivity contribution in [2.24, 2.45) is 0 Å². The molecular formula is C26H25NO6. The Balaban J connectivity index is 1.37. The lowest BCUT2D eigenvalue weighted by molar-refractivity contribution is -0.148. The standard InChI is InChI=1S/C26H25NO6/c1-16(27-24(28)11-8-17-6-9-21(31-2)10-7-17)26(30)32-15-20-14-25(29)33-23-13-19-5-3-4-18(19)12-22(20)23/h6-14,16H,3-5,15H2,1-2H3,(H,27,28)/b11-8+/t16-/m0/s1. The van der Waals surface area contributed by atoms with Crippen molar-refractivity contribution < 1.29 is 23.5 Å². The maximum absolute atomic E-state index is 12.4. The topological polar surface area (TPSA) is 94.8 Å². The molecule has 0 aliphatic heterocycles. The summed E-state index contributed by atoms with van der Waals surface area (Å²) < 4.78 is 15.8. The van der Waals surface area contributed by atoms with Crippen molar-refractivity contribution in [3.63, 3.8) is 0 Å². The summed E-state index contributed by atoms with van der Waals surface area (Å²) in [5, 5.41) is 3.35. The number of nitrogens with one attached hydrogen (secondary N) is 1. The van der Waals surface area contributed by atoms with Gasteiger partial charge in [0.2, 0.25) is 5.91 Å². The number of aryl methyl sites for hydroxylation is 2. The summed E-state index contributed by atoms with van der Waals surface area (Å²) >= 11 is 0. The molecule has 0 saturated heterocycles.